The van der Waals surface area contributed by atoms with E-state index in [1.54, 1.807) is 24.3 Å². The first-order chi connectivity index (χ1) is 11.3. The normalized spacial score (nSPS) is 12.4. The Hall–Kier alpha value is -2.34. The molecular formula is C18H21NO4S. The number of anilines is 1. The first-order valence-corrected chi connectivity index (χ1v) is 9.67. The van der Waals surface area contributed by atoms with Crippen molar-refractivity contribution >= 4 is 21.4 Å². The third-order valence-corrected chi connectivity index (χ3v) is 4.45. The average Bonchev–Trinajstić information content (AvgIpc) is 2.55. The Balaban J connectivity index is 1.90. The van der Waals surface area contributed by atoms with Crippen molar-refractivity contribution in [1.82, 2.24) is 0 Å². The number of ether oxygens (including phenoxy) is 1. The van der Waals surface area contributed by atoms with E-state index in [2.05, 4.69) is 5.32 Å². The largest absolute Gasteiger partial charge is 0.493 e. The van der Waals surface area contributed by atoms with Gasteiger partial charge in [0, 0.05) is 11.9 Å². The third-order valence-electron chi connectivity index (χ3n) is 3.54. The monoisotopic (exact) mass is 347 g/mol. The molecule has 2 aromatic rings. The van der Waals surface area contributed by atoms with Crippen molar-refractivity contribution in [3.63, 3.8) is 0 Å². The van der Waals surface area contributed by atoms with Crippen LogP contribution in [-0.2, 0) is 14.6 Å². The van der Waals surface area contributed by atoms with Crippen molar-refractivity contribution in [2.75, 3.05) is 23.9 Å². The SMILES string of the molecule is C[C@@H](C(=O)Nc1ccc(OCCS(C)(=O)=O)cc1)c1ccccc1. The molecule has 0 spiro atoms. The number of carbonyl (C=O) groups is 1. The van der Waals surface area contributed by atoms with Crippen molar-refractivity contribution in [3.8, 4) is 5.75 Å². The van der Waals surface area contributed by atoms with Gasteiger partial charge in [-0.15, -0.1) is 0 Å². The Morgan fingerprint density at radius 3 is 2.29 bits per heavy atom. The average molecular weight is 347 g/mol. The van der Waals surface area contributed by atoms with E-state index in [4.69, 9.17) is 4.74 Å². The molecule has 0 bridgehead atoms. The van der Waals surface area contributed by atoms with Gasteiger partial charge in [0.15, 0.2) is 9.84 Å². The zero-order chi connectivity index (χ0) is 17.6. The van der Waals surface area contributed by atoms with Crippen LogP contribution >= 0.6 is 0 Å². The van der Waals surface area contributed by atoms with E-state index in [0.717, 1.165) is 5.56 Å². The Bertz CT molecular complexity index is 770. The van der Waals surface area contributed by atoms with Gasteiger partial charge in [0.2, 0.25) is 5.91 Å². The van der Waals surface area contributed by atoms with Crippen molar-refractivity contribution in [2.45, 2.75) is 12.8 Å². The second kappa shape index (κ2) is 7.97. The molecule has 0 aromatic heterocycles. The molecule has 1 amide bonds. The number of rotatable bonds is 7. The molecule has 2 rings (SSSR count). The molecular weight excluding hydrogens is 326 g/mol. The molecule has 24 heavy (non-hydrogen) atoms. The highest BCUT2D eigenvalue weighted by molar-refractivity contribution is 7.90. The standard InChI is InChI=1S/C18H21NO4S/c1-14(15-6-4-3-5-7-15)18(20)19-16-8-10-17(11-9-16)23-12-13-24(2,21)22/h3-11,14H,12-13H2,1-2H3,(H,19,20)/t14-/m1/s1. The zero-order valence-corrected chi connectivity index (χ0v) is 14.5. The minimum Gasteiger partial charge on any atom is -0.493 e. The van der Waals surface area contributed by atoms with Crippen LogP contribution in [0.4, 0.5) is 5.69 Å². The number of hydrogen-bond donors (Lipinski definition) is 1. The maximum Gasteiger partial charge on any atom is 0.231 e. The number of nitrogens with one attached hydrogen (secondary N) is 1. The summed E-state index contributed by atoms with van der Waals surface area (Å²) in [6, 6.07) is 16.4. The van der Waals surface area contributed by atoms with Gasteiger partial charge in [0.25, 0.3) is 0 Å². The van der Waals surface area contributed by atoms with E-state index in [1.807, 2.05) is 37.3 Å². The van der Waals surface area contributed by atoms with Crippen LogP contribution in [-0.4, -0.2) is 32.9 Å². The summed E-state index contributed by atoms with van der Waals surface area (Å²) < 4.78 is 27.5. The predicted octanol–water partition coefficient (Wildman–Crippen LogP) is 2.85. The Labute approximate surface area is 142 Å². The number of hydrogen-bond acceptors (Lipinski definition) is 4. The molecule has 0 radical (unpaired) electrons. The lowest BCUT2D eigenvalue weighted by Crippen LogP contribution is -2.18. The summed E-state index contributed by atoms with van der Waals surface area (Å²) in [7, 11) is -3.04. The Kier molecular flexibility index (Phi) is 5.98. The van der Waals surface area contributed by atoms with Gasteiger partial charge in [-0.05, 0) is 36.8 Å². The van der Waals surface area contributed by atoms with Gasteiger partial charge in [-0.1, -0.05) is 30.3 Å². The van der Waals surface area contributed by atoms with Crippen LogP contribution in [0.5, 0.6) is 5.75 Å². The molecule has 1 atom stereocenters. The minimum absolute atomic E-state index is 0.0277. The quantitative estimate of drug-likeness (QED) is 0.836. The molecule has 5 nitrogen and oxygen atoms in total. The summed E-state index contributed by atoms with van der Waals surface area (Å²) in [5, 5.41) is 2.86. The van der Waals surface area contributed by atoms with Crippen LogP contribution in [0.1, 0.15) is 18.4 Å². The summed E-state index contributed by atoms with van der Waals surface area (Å²) >= 11 is 0. The first kappa shape index (κ1) is 18.0. The van der Waals surface area contributed by atoms with E-state index in [1.165, 1.54) is 6.26 Å². The number of carbonyl (C=O) groups excluding carboxylic acids is 1. The summed E-state index contributed by atoms with van der Waals surface area (Å²) in [5.41, 5.74) is 1.62. The molecule has 6 heteroatoms. The van der Waals surface area contributed by atoms with Gasteiger partial charge in [-0.3, -0.25) is 4.79 Å². The maximum atomic E-state index is 12.3. The molecule has 0 aliphatic heterocycles. The van der Waals surface area contributed by atoms with Crippen molar-refractivity contribution < 1.29 is 17.9 Å². The van der Waals surface area contributed by atoms with E-state index < -0.39 is 9.84 Å². The second-order valence-corrected chi connectivity index (χ2v) is 7.88. The Morgan fingerprint density at radius 2 is 1.71 bits per heavy atom. The molecule has 0 aliphatic rings. The predicted molar refractivity (Wildman–Crippen MR) is 95.1 cm³/mol. The molecule has 0 fully saturated rings. The lowest BCUT2D eigenvalue weighted by Gasteiger charge is -2.13. The van der Waals surface area contributed by atoms with E-state index in [9.17, 15) is 13.2 Å². The molecule has 0 unspecified atom stereocenters. The minimum atomic E-state index is -3.04. The van der Waals surface area contributed by atoms with Gasteiger partial charge >= 0.3 is 0 Å². The summed E-state index contributed by atoms with van der Waals surface area (Å²) in [4.78, 5) is 12.3. The fraction of sp³-hybridized carbons (Fsp3) is 0.278. The van der Waals surface area contributed by atoms with Gasteiger partial charge in [-0.2, -0.15) is 0 Å². The van der Waals surface area contributed by atoms with Crippen LogP contribution in [0.25, 0.3) is 0 Å². The highest BCUT2D eigenvalue weighted by atomic mass is 32.2. The van der Waals surface area contributed by atoms with Gasteiger partial charge in [-0.25, -0.2) is 8.42 Å². The Morgan fingerprint density at radius 1 is 1.08 bits per heavy atom. The van der Waals surface area contributed by atoms with Crippen LogP contribution in [0.15, 0.2) is 54.6 Å². The highest BCUT2D eigenvalue weighted by Crippen LogP contribution is 2.20. The summed E-state index contributed by atoms with van der Waals surface area (Å²) in [6.45, 7) is 1.96. The topological polar surface area (TPSA) is 72.5 Å². The van der Waals surface area contributed by atoms with Crippen molar-refractivity contribution in [1.29, 1.82) is 0 Å². The van der Waals surface area contributed by atoms with Crippen molar-refractivity contribution in [3.05, 3.63) is 60.2 Å². The first-order valence-electron chi connectivity index (χ1n) is 7.61. The molecule has 0 heterocycles. The summed E-state index contributed by atoms with van der Waals surface area (Å²) in [5.74, 6) is 0.191. The highest BCUT2D eigenvalue weighted by Gasteiger charge is 2.14. The number of benzene rings is 2. The molecule has 128 valence electrons. The van der Waals surface area contributed by atoms with E-state index >= 15 is 0 Å². The third kappa shape index (κ3) is 5.70. The van der Waals surface area contributed by atoms with E-state index in [-0.39, 0.29) is 24.2 Å². The maximum absolute atomic E-state index is 12.3. The molecule has 2 aromatic carbocycles. The zero-order valence-electron chi connectivity index (χ0n) is 13.7. The fourth-order valence-corrected chi connectivity index (χ4v) is 2.48. The van der Waals surface area contributed by atoms with Crippen LogP contribution in [0, 0.1) is 0 Å². The molecule has 1 N–H and O–H groups in total. The lowest BCUT2D eigenvalue weighted by atomic mass is 10.0. The second-order valence-electron chi connectivity index (χ2n) is 5.62. The van der Waals surface area contributed by atoms with Crippen LogP contribution < -0.4 is 10.1 Å². The van der Waals surface area contributed by atoms with E-state index in [0.29, 0.717) is 11.4 Å². The summed E-state index contributed by atoms with van der Waals surface area (Å²) in [6.07, 6.45) is 1.17. The number of amides is 1. The van der Waals surface area contributed by atoms with Crippen LogP contribution in [0.3, 0.4) is 0 Å². The van der Waals surface area contributed by atoms with Gasteiger partial charge < -0.3 is 10.1 Å². The van der Waals surface area contributed by atoms with Crippen LogP contribution in [0.2, 0.25) is 0 Å². The number of sulfone groups is 1. The van der Waals surface area contributed by atoms with Gasteiger partial charge in [0.05, 0.1) is 11.7 Å². The molecule has 0 saturated carbocycles. The lowest BCUT2D eigenvalue weighted by molar-refractivity contribution is -0.117. The van der Waals surface area contributed by atoms with Crippen molar-refractivity contribution in [2.24, 2.45) is 0 Å². The molecule has 0 aliphatic carbocycles. The van der Waals surface area contributed by atoms with Gasteiger partial charge in [0.1, 0.15) is 12.4 Å². The smallest absolute Gasteiger partial charge is 0.231 e. The molecule has 0 saturated heterocycles. The fourth-order valence-electron chi connectivity index (χ4n) is 2.09.